The summed E-state index contributed by atoms with van der Waals surface area (Å²) in [7, 11) is 0. The zero-order chi connectivity index (χ0) is 13.9. The van der Waals surface area contributed by atoms with Gasteiger partial charge in [-0.05, 0) is 35.0 Å². The fraction of sp³-hybridized carbons (Fsp3) is 0.538. The quantitative estimate of drug-likeness (QED) is 0.917. The van der Waals surface area contributed by atoms with E-state index in [9.17, 15) is 0 Å². The average Bonchev–Trinajstić information content (AvgIpc) is 2.80. The third-order valence-corrected chi connectivity index (χ3v) is 3.78. The van der Waals surface area contributed by atoms with Gasteiger partial charge in [0.05, 0.1) is 13.2 Å². The van der Waals surface area contributed by atoms with Crippen LogP contribution in [0, 0.1) is 0 Å². The zero-order valence-electron chi connectivity index (χ0n) is 11.4. The Bertz CT molecular complexity index is 581. The van der Waals surface area contributed by atoms with Crippen LogP contribution >= 0.6 is 15.9 Å². The molecule has 1 unspecified atom stereocenters. The summed E-state index contributed by atoms with van der Waals surface area (Å²) < 4.78 is 8.12. The average molecular weight is 340 g/mol. The molecule has 7 heteroatoms. The Morgan fingerprint density at radius 1 is 1.40 bits per heavy atom. The number of pyridine rings is 1. The molecule has 1 saturated heterocycles. The summed E-state index contributed by atoms with van der Waals surface area (Å²) in [6.07, 6.45) is 1.90. The highest BCUT2D eigenvalue weighted by molar-refractivity contribution is 9.10. The van der Waals surface area contributed by atoms with Crippen LogP contribution in [0.5, 0.6) is 0 Å². The van der Waals surface area contributed by atoms with Crippen molar-refractivity contribution in [1.82, 2.24) is 19.5 Å². The summed E-state index contributed by atoms with van der Waals surface area (Å²) in [6.45, 7) is 6.77. The van der Waals surface area contributed by atoms with Crippen LogP contribution in [0.2, 0.25) is 0 Å². The predicted octanol–water partition coefficient (Wildman–Crippen LogP) is 1.62. The number of halogens is 1. The van der Waals surface area contributed by atoms with E-state index in [1.54, 1.807) is 4.52 Å². The van der Waals surface area contributed by atoms with Gasteiger partial charge in [-0.1, -0.05) is 0 Å². The predicted molar refractivity (Wildman–Crippen MR) is 81.0 cm³/mol. The van der Waals surface area contributed by atoms with Crippen LogP contribution in [0.15, 0.2) is 22.8 Å². The topological polar surface area (TPSA) is 54.7 Å². The smallest absolute Gasteiger partial charge is 0.243 e. The first-order valence-electron chi connectivity index (χ1n) is 6.79. The molecule has 3 heterocycles. The van der Waals surface area contributed by atoms with E-state index >= 15 is 0 Å². The van der Waals surface area contributed by atoms with Crippen molar-refractivity contribution in [2.45, 2.75) is 13.0 Å². The Morgan fingerprint density at radius 2 is 2.20 bits per heavy atom. The monoisotopic (exact) mass is 339 g/mol. The summed E-state index contributed by atoms with van der Waals surface area (Å²) in [4.78, 5) is 6.86. The molecule has 1 atom stereocenters. The van der Waals surface area contributed by atoms with Crippen molar-refractivity contribution in [3.63, 3.8) is 0 Å². The van der Waals surface area contributed by atoms with Crippen molar-refractivity contribution in [2.24, 2.45) is 0 Å². The van der Waals surface area contributed by atoms with Gasteiger partial charge in [0, 0.05) is 36.3 Å². The van der Waals surface area contributed by atoms with E-state index in [1.165, 1.54) is 0 Å². The molecule has 0 spiro atoms. The molecular weight excluding hydrogens is 322 g/mol. The third-order valence-electron chi connectivity index (χ3n) is 3.31. The molecule has 1 fully saturated rings. The highest BCUT2D eigenvalue weighted by Crippen LogP contribution is 2.12. The van der Waals surface area contributed by atoms with Crippen molar-refractivity contribution >= 4 is 27.5 Å². The summed E-state index contributed by atoms with van der Waals surface area (Å²) in [6, 6.07) is 4.20. The van der Waals surface area contributed by atoms with Crippen molar-refractivity contribution < 1.29 is 4.74 Å². The van der Waals surface area contributed by atoms with Crippen LogP contribution in [0.1, 0.15) is 6.92 Å². The number of fused-ring (bicyclic) bond motifs is 1. The molecule has 0 aromatic carbocycles. The maximum Gasteiger partial charge on any atom is 0.243 e. The molecule has 20 heavy (non-hydrogen) atoms. The van der Waals surface area contributed by atoms with E-state index in [1.807, 2.05) is 18.3 Å². The van der Waals surface area contributed by atoms with E-state index in [4.69, 9.17) is 4.74 Å². The maximum atomic E-state index is 5.36. The number of anilines is 1. The van der Waals surface area contributed by atoms with E-state index in [0.717, 1.165) is 43.0 Å². The van der Waals surface area contributed by atoms with Gasteiger partial charge in [-0.25, -0.2) is 4.52 Å². The number of rotatable bonds is 4. The largest absolute Gasteiger partial charge is 0.379 e. The Morgan fingerprint density at radius 3 is 3.00 bits per heavy atom. The van der Waals surface area contributed by atoms with E-state index in [-0.39, 0.29) is 0 Å². The van der Waals surface area contributed by atoms with E-state index < -0.39 is 0 Å². The van der Waals surface area contributed by atoms with Gasteiger partial charge >= 0.3 is 0 Å². The summed E-state index contributed by atoms with van der Waals surface area (Å²) >= 11 is 3.43. The molecule has 1 N–H and O–H groups in total. The molecule has 2 aromatic rings. The lowest BCUT2D eigenvalue weighted by Gasteiger charge is -2.29. The van der Waals surface area contributed by atoms with E-state index in [2.05, 4.69) is 43.2 Å². The molecular formula is C13H18BrN5O. The van der Waals surface area contributed by atoms with Crippen LogP contribution in [-0.4, -0.2) is 58.4 Å². The summed E-state index contributed by atoms with van der Waals surface area (Å²) in [5, 5.41) is 7.79. The lowest BCUT2D eigenvalue weighted by molar-refractivity contribution is 0.0368. The second kappa shape index (κ2) is 6.07. The Hall–Kier alpha value is -1.18. The number of nitrogens with zero attached hydrogens (tertiary/aromatic N) is 4. The Balaban J connectivity index is 1.63. The number of hydrogen-bond acceptors (Lipinski definition) is 5. The Labute approximate surface area is 126 Å². The zero-order valence-corrected chi connectivity index (χ0v) is 13.0. The van der Waals surface area contributed by atoms with Crippen molar-refractivity contribution in [3.05, 3.63) is 22.8 Å². The van der Waals surface area contributed by atoms with Gasteiger partial charge in [0.2, 0.25) is 5.95 Å². The first-order valence-corrected chi connectivity index (χ1v) is 7.58. The lowest BCUT2D eigenvalue weighted by Crippen LogP contribution is -2.42. The molecule has 6 nitrogen and oxygen atoms in total. The SMILES string of the molecule is CC(CN1CCOCC1)Nc1nc2ccc(Br)cn2n1. The second-order valence-corrected chi connectivity index (χ2v) is 5.96. The summed E-state index contributed by atoms with van der Waals surface area (Å²) in [5.74, 6) is 0.670. The molecule has 2 aromatic heterocycles. The standard InChI is InChI=1S/C13H18BrN5O/c1-10(8-18-4-6-20-7-5-18)15-13-16-12-3-2-11(14)9-19(12)17-13/h2-3,9-10H,4-8H2,1H3,(H,15,17). The minimum atomic E-state index is 0.300. The molecule has 1 aliphatic heterocycles. The van der Waals surface area contributed by atoms with Gasteiger partial charge in [0.15, 0.2) is 5.65 Å². The molecule has 3 rings (SSSR count). The summed E-state index contributed by atoms with van der Waals surface area (Å²) in [5.41, 5.74) is 0.842. The second-order valence-electron chi connectivity index (χ2n) is 5.04. The molecule has 0 aliphatic carbocycles. The highest BCUT2D eigenvalue weighted by Gasteiger charge is 2.14. The van der Waals surface area contributed by atoms with Gasteiger partial charge in [0.1, 0.15) is 0 Å². The molecule has 0 radical (unpaired) electrons. The number of aromatic nitrogens is 3. The first-order chi connectivity index (χ1) is 9.70. The van der Waals surface area contributed by atoms with Crippen LogP contribution in [0.4, 0.5) is 5.95 Å². The van der Waals surface area contributed by atoms with Crippen LogP contribution in [-0.2, 0) is 4.74 Å². The Kier molecular flexibility index (Phi) is 4.18. The lowest BCUT2D eigenvalue weighted by atomic mass is 10.3. The van der Waals surface area contributed by atoms with Crippen LogP contribution in [0.25, 0.3) is 5.65 Å². The molecule has 0 saturated carbocycles. The highest BCUT2D eigenvalue weighted by atomic mass is 79.9. The fourth-order valence-electron chi connectivity index (χ4n) is 2.36. The van der Waals surface area contributed by atoms with Gasteiger partial charge in [-0.2, -0.15) is 4.98 Å². The number of hydrogen-bond donors (Lipinski definition) is 1. The first kappa shape index (κ1) is 13.8. The van der Waals surface area contributed by atoms with Crippen LogP contribution < -0.4 is 5.32 Å². The normalized spacial score (nSPS) is 18.3. The number of ether oxygens (including phenoxy) is 1. The van der Waals surface area contributed by atoms with Crippen molar-refractivity contribution in [2.75, 3.05) is 38.2 Å². The molecule has 0 bridgehead atoms. The van der Waals surface area contributed by atoms with Crippen molar-refractivity contribution in [1.29, 1.82) is 0 Å². The van der Waals surface area contributed by atoms with Gasteiger partial charge < -0.3 is 10.1 Å². The van der Waals surface area contributed by atoms with Crippen LogP contribution in [0.3, 0.4) is 0 Å². The fourth-order valence-corrected chi connectivity index (χ4v) is 2.68. The van der Waals surface area contributed by atoms with Crippen molar-refractivity contribution in [3.8, 4) is 0 Å². The maximum absolute atomic E-state index is 5.36. The molecule has 108 valence electrons. The van der Waals surface area contributed by atoms with E-state index in [0.29, 0.717) is 12.0 Å². The minimum absolute atomic E-state index is 0.300. The number of morpholine rings is 1. The molecule has 1 aliphatic rings. The van der Waals surface area contributed by atoms with Gasteiger partial charge in [-0.15, -0.1) is 5.10 Å². The van der Waals surface area contributed by atoms with Gasteiger partial charge in [-0.3, -0.25) is 4.90 Å². The number of nitrogens with one attached hydrogen (secondary N) is 1. The molecule has 0 amide bonds. The third kappa shape index (κ3) is 3.28. The minimum Gasteiger partial charge on any atom is -0.379 e. The van der Waals surface area contributed by atoms with Gasteiger partial charge in [0.25, 0.3) is 0 Å².